The lowest BCUT2D eigenvalue weighted by Crippen LogP contribution is -2.21. The number of rotatable bonds is 6. The Morgan fingerprint density at radius 1 is 1.06 bits per heavy atom. The molecule has 1 aromatic heterocycles. The van der Waals surface area contributed by atoms with Crippen molar-refractivity contribution in [1.82, 2.24) is 10.2 Å². The van der Waals surface area contributed by atoms with Crippen molar-refractivity contribution in [3.8, 4) is 34.7 Å². The highest BCUT2D eigenvalue weighted by Gasteiger charge is 2.35. The van der Waals surface area contributed by atoms with Crippen molar-refractivity contribution < 1.29 is 14.2 Å². The Kier molecular flexibility index (Phi) is 5.86. The Morgan fingerprint density at radius 2 is 1.83 bits per heavy atom. The summed E-state index contributed by atoms with van der Waals surface area (Å²) in [5, 5.41) is 17.4. The molecule has 1 unspecified atom stereocenters. The minimum atomic E-state index is -0.480. The summed E-state index contributed by atoms with van der Waals surface area (Å²) in [6.45, 7) is 2.49. The van der Waals surface area contributed by atoms with E-state index >= 15 is 0 Å². The molecule has 3 N–H and O–H groups in total. The number of ether oxygens (including phenoxy) is 3. The van der Waals surface area contributed by atoms with Gasteiger partial charge in [0.2, 0.25) is 11.8 Å². The molecule has 0 saturated heterocycles. The van der Waals surface area contributed by atoms with Crippen molar-refractivity contribution in [3.63, 3.8) is 0 Å². The van der Waals surface area contributed by atoms with Gasteiger partial charge in [-0.05, 0) is 42.3 Å². The minimum Gasteiger partial charge on any atom is -0.497 e. The average molecular weight is 465 g/mol. The molecule has 0 amide bonds. The molecule has 1 aliphatic rings. The van der Waals surface area contributed by atoms with E-state index in [9.17, 15) is 5.26 Å². The summed E-state index contributed by atoms with van der Waals surface area (Å²) >= 11 is 0. The van der Waals surface area contributed by atoms with E-state index in [4.69, 9.17) is 19.9 Å². The molecule has 0 bridgehead atoms. The molecule has 0 fully saturated rings. The number of aromatic nitrogens is 2. The molecule has 2 heterocycles. The standard InChI is InChI=1S/C28H24N4O3/c1-17-9-11-18(12-10-17)16-34-22-8-3-5-19(13-22)24-23(15-29)27(30)35-28-25(24)26(31-32-28)20-6-4-7-21(14-20)33-2/h3-14,24H,16,30H2,1-2H3,(H,31,32). The molecule has 1 aliphatic heterocycles. The van der Waals surface area contributed by atoms with Crippen molar-refractivity contribution in [2.45, 2.75) is 19.4 Å². The van der Waals surface area contributed by atoms with Gasteiger partial charge in [-0.2, -0.15) is 5.26 Å². The normalized spacial score (nSPS) is 14.6. The van der Waals surface area contributed by atoms with Gasteiger partial charge < -0.3 is 19.9 Å². The Hall–Kier alpha value is -4.70. The molecule has 4 aromatic rings. The molecule has 5 rings (SSSR count). The predicted octanol–water partition coefficient (Wildman–Crippen LogP) is 5.19. The van der Waals surface area contributed by atoms with Gasteiger partial charge in [0.05, 0.1) is 24.3 Å². The van der Waals surface area contributed by atoms with Gasteiger partial charge in [-0.15, -0.1) is 5.10 Å². The summed E-state index contributed by atoms with van der Waals surface area (Å²) in [7, 11) is 1.62. The van der Waals surface area contributed by atoms with Crippen LogP contribution in [-0.4, -0.2) is 17.3 Å². The first-order valence-corrected chi connectivity index (χ1v) is 11.2. The summed E-state index contributed by atoms with van der Waals surface area (Å²) in [4.78, 5) is 0. The number of allylic oxidation sites excluding steroid dienone is 1. The number of nitrogens with two attached hydrogens (primary N) is 1. The van der Waals surface area contributed by atoms with Gasteiger partial charge in [0.25, 0.3) is 0 Å². The third-order valence-electron chi connectivity index (χ3n) is 6.01. The maximum Gasteiger partial charge on any atom is 0.244 e. The number of nitrogens with zero attached hydrogens (tertiary/aromatic N) is 2. The van der Waals surface area contributed by atoms with Crippen LogP contribution in [0, 0.1) is 18.3 Å². The molecule has 7 heteroatoms. The molecular formula is C28H24N4O3. The molecule has 1 atom stereocenters. The lowest BCUT2D eigenvalue weighted by molar-refractivity contribution is 0.305. The lowest BCUT2D eigenvalue weighted by atomic mass is 9.83. The number of aryl methyl sites for hydroxylation is 1. The molecule has 0 saturated carbocycles. The summed E-state index contributed by atoms with van der Waals surface area (Å²) in [6.07, 6.45) is 0. The highest BCUT2D eigenvalue weighted by Crippen LogP contribution is 2.46. The number of H-pyrrole nitrogens is 1. The number of nitrogens with one attached hydrogen (secondary N) is 1. The molecule has 0 radical (unpaired) electrons. The van der Waals surface area contributed by atoms with Crippen LogP contribution in [0.4, 0.5) is 0 Å². The first-order chi connectivity index (χ1) is 17.1. The molecule has 174 valence electrons. The Labute approximate surface area is 203 Å². The largest absolute Gasteiger partial charge is 0.497 e. The van der Waals surface area contributed by atoms with Crippen LogP contribution in [0.2, 0.25) is 0 Å². The van der Waals surface area contributed by atoms with Crippen molar-refractivity contribution in [2.24, 2.45) is 5.73 Å². The smallest absolute Gasteiger partial charge is 0.244 e. The van der Waals surface area contributed by atoms with Crippen LogP contribution in [0.15, 0.2) is 84.3 Å². The first-order valence-electron chi connectivity index (χ1n) is 11.2. The second-order valence-electron chi connectivity index (χ2n) is 8.32. The third-order valence-corrected chi connectivity index (χ3v) is 6.01. The van der Waals surface area contributed by atoms with E-state index in [2.05, 4.69) is 35.3 Å². The van der Waals surface area contributed by atoms with Gasteiger partial charge in [-0.3, -0.25) is 5.10 Å². The zero-order valence-electron chi connectivity index (χ0n) is 19.4. The van der Waals surface area contributed by atoms with Crippen LogP contribution in [-0.2, 0) is 6.61 Å². The van der Waals surface area contributed by atoms with E-state index in [1.807, 2.05) is 60.7 Å². The van der Waals surface area contributed by atoms with Crippen LogP contribution >= 0.6 is 0 Å². The maximum absolute atomic E-state index is 9.99. The van der Waals surface area contributed by atoms with Gasteiger partial charge in [0, 0.05) is 5.56 Å². The number of benzene rings is 3. The third kappa shape index (κ3) is 4.30. The van der Waals surface area contributed by atoms with Gasteiger partial charge in [0.1, 0.15) is 29.7 Å². The minimum absolute atomic E-state index is 0.0414. The number of nitriles is 1. The number of aromatic amines is 1. The SMILES string of the molecule is COc1cccc(-c2[nH]nc3c2C(c2cccc(OCc4ccc(C)cc4)c2)C(C#N)=C(N)O3)c1. The molecule has 0 aliphatic carbocycles. The zero-order chi connectivity index (χ0) is 24.4. The Balaban J connectivity index is 1.54. The topological polar surface area (TPSA) is 106 Å². The molecule has 7 nitrogen and oxygen atoms in total. The number of methoxy groups -OCH3 is 1. The molecule has 0 spiro atoms. The van der Waals surface area contributed by atoms with E-state index in [1.165, 1.54) is 5.56 Å². The van der Waals surface area contributed by atoms with Crippen LogP contribution < -0.4 is 19.9 Å². The van der Waals surface area contributed by atoms with E-state index in [-0.39, 0.29) is 5.88 Å². The Bertz CT molecular complexity index is 1450. The molecule has 35 heavy (non-hydrogen) atoms. The highest BCUT2D eigenvalue weighted by atomic mass is 16.5. The fourth-order valence-electron chi connectivity index (χ4n) is 4.21. The second-order valence-corrected chi connectivity index (χ2v) is 8.32. The van der Waals surface area contributed by atoms with E-state index < -0.39 is 5.92 Å². The lowest BCUT2D eigenvalue weighted by Gasteiger charge is -2.24. The van der Waals surface area contributed by atoms with Crippen LogP contribution in [0.1, 0.15) is 28.2 Å². The molecule has 3 aromatic carbocycles. The number of fused-ring (bicyclic) bond motifs is 1. The zero-order valence-corrected chi connectivity index (χ0v) is 19.4. The van der Waals surface area contributed by atoms with Crippen molar-refractivity contribution in [3.05, 3.63) is 107 Å². The Morgan fingerprint density at radius 3 is 2.60 bits per heavy atom. The average Bonchev–Trinajstić information content (AvgIpc) is 3.31. The van der Waals surface area contributed by atoms with Crippen LogP contribution in [0.25, 0.3) is 11.3 Å². The summed E-state index contributed by atoms with van der Waals surface area (Å²) < 4.78 is 17.2. The van der Waals surface area contributed by atoms with Crippen LogP contribution in [0.3, 0.4) is 0 Å². The fourth-order valence-corrected chi connectivity index (χ4v) is 4.21. The quantitative estimate of drug-likeness (QED) is 0.407. The monoisotopic (exact) mass is 464 g/mol. The molecular weight excluding hydrogens is 440 g/mol. The number of hydrogen-bond acceptors (Lipinski definition) is 6. The van der Waals surface area contributed by atoms with Gasteiger partial charge in [-0.1, -0.05) is 54.1 Å². The summed E-state index contributed by atoms with van der Waals surface area (Å²) in [5.74, 6) is 1.31. The van der Waals surface area contributed by atoms with Gasteiger partial charge in [0.15, 0.2) is 0 Å². The van der Waals surface area contributed by atoms with Gasteiger partial charge >= 0.3 is 0 Å². The summed E-state index contributed by atoms with van der Waals surface area (Å²) in [6, 6.07) is 25.8. The predicted molar refractivity (Wildman–Crippen MR) is 132 cm³/mol. The highest BCUT2D eigenvalue weighted by molar-refractivity contribution is 5.72. The maximum atomic E-state index is 9.99. The van der Waals surface area contributed by atoms with E-state index in [0.717, 1.165) is 27.9 Å². The second kappa shape index (κ2) is 9.27. The van der Waals surface area contributed by atoms with Crippen molar-refractivity contribution in [1.29, 1.82) is 5.26 Å². The fraction of sp³-hybridized carbons (Fsp3) is 0.143. The van der Waals surface area contributed by atoms with Crippen LogP contribution in [0.5, 0.6) is 17.4 Å². The first kappa shape index (κ1) is 22.1. The van der Waals surface area contributed by atoms with E-state index in [0.29, 0.717) is 29.6 Å². The number of hydrogen-bond donors (Lipinski definition) is 2. The van der Waals surface area contributed by atoms with Crippen molar-refractivity contribution in [2.75, 3.05) is 7.11 Å². The van der Waals surface area contributed by atoms with Crippen molar-refractivity contribution >= 4 is 0 Å². The van der Waals surface area contributed by atoms with E-state index in [1.54, 1.807) is 7.11 Å². The van der Waals surface area contributed by atoms with Gasteiger partial charge in [-0.25, -0.2) is 0 Å². The summed E-state index contributed by atoms with van der Waals surface area (Å²) in [5.41, 5.74) is 11.9.